The summed E-state index contributed by atoms with van der Waals surface area (Å²) in [5.74, 6) is 0. The van der Waals surface area contributed by atoms with Gasteiger partial charge in [-0.1, -0.05) is 38.3 Å². The minimum absolute atomic E-state index is 0.194. The molecule has 0 bridgehead atoms. The Hall–Kier alpha value is 0.140. The number of fused-ring (bicyclic) bond motifs is 1. The minimum Gasteiger partial charge on any atom is -0.324 e. The van der Waals surface area contributed by atoms with Gasteiger partial charge in [0.05, 0.1) is 0 Å². The second-order valence-corrected chi connectivity index (χ2v) is 5.48. The van der Waals surface area contributed by atoms with Crippen molar-refractivity contribution in [3.8, 4) is 0 Å². The second kappa shape index (κ2) is 4.33. The Morgan fingerprint density at radius 1 is 1.14 bits per heavy atom. The maximum Gasteiger partial charge on any atom is 0.0309 e. The Balaban J connectivity index is 2.57. The van der Waals surface area contributed by atoms with Gasteiger partial charge in [0.2, 0.25) is 0 Å². The molecule has 1 unspecified atom stereocenters. The molecular formula is C11H13Br2N. The van der Waals surface area contributed by atoms with E-state index in [1.54, 1.807) is 0 Å². The van der Waals surface area contributed by atoms with Crippen LogP contribution < -0.4 is 5.73 Å². The first-order chi connectivity index (χ1) is 6.70. The molecule has 76 valence electrons. The van der Waals surface area contributed by atoms with Gasteiger partial charge in [-0.3, -0.25) is 0 Å². The van der Waals surface area contributed by atoms with Crippen LogP contribution in [0, 0.1) is 0 Å². The van der Waals surface area contributed by atoms with Crippen LogP contribution in [-0.2, 0) is 6.42 Å². The normalized spacial score (nSPS) is 21.5. The quantitative estimate of drug-likeness (QED) is 0.720. The van der Waals surface area contributed by atoms with Crippen molar-refractivity contribution in [2.45, 2.75) is 31.7 Å². The van der Waals surface area contributed by atoms with Crippen LogP contribution in [0.2, 0.25) is 0 Å². The summed E-state index contributed by atoms with van der Waals surface area (Å²) in [6, 6.07) is 4.37. The van der Waals surface area contributed by atoms with E-state index in [4.69, 9.17) is 5.73 Å². The standard InChI is InChI=1S/C11H13Br2N/c12-8-5-6-9(13)11-7(8)3-1-2-4-10(11)14/h5-6,10H,1-4,14H2. The minimum atomic E-state index is 0.194. The zero-order chi connectivity index (χ0) is 10.1. The number of nitrogens with two attached hydrogens (primary N) is 1. The molecule has 2 rings (SSSR count). The highest BCUT2D eigenvalue weighted by Crippen LogP contribution is 2.36. The van der Waals surface area contributed by atoms with Crippen LogP contribution in [0.4, 0.5) is 0 Å². The summed E-state index contributed by atoms with van der Waals surface area (Å²) in [6.07, 6.45) is 4.72. The molecule has 14 heavy (non-hydrogen) atoms. The van der Waals surface area contributed by atoms with Crippen LogP contribution in [0.1, 0.15) is 36.4 Å². The molecule has 0 saturated carbocycles. The zero-order valence-corrected chi connectivity index (χ0v) is 11.1. The van der Waals surface area contributed by atoms with E-state index < -0.39 is 0 Å². The van der Waals surface area contributed by atoms with Crippen LogP contribution in [0.5, 0.6) is 0 Å². The maximum atomic E-state index is 6.17. The van der Waals surface area contributed by atoms with Gasteiger partial charge in [-0.2, -0.15) is 0 Å². The van der Waals surface area contributed by atoms with Crippen molar-refractivity contribution in [3.05, 3.63) is 32.2 Å². The fraction of sp³-hybridized carbons (Fsp3) is 0.455. The lowest BCUT2D eigenvalue weighted by Gasteiger charge is -2.15. The molecule has 0 amide bonds. The van der Waals surface area contributed by atoms with Gasteiger partial charge in [0.1, 0.15) is 0 Å². The molecule has 0 heterocycles. The van der Waals surface area contributed by atoms with Crippen molar-refractivity contribution >= 4 is 31.9 Å². The first-order valence-electron chi connectivity index (χ1n) is 4.92. The molecule has 1 nitrogen and oxygen atoms in total. The smallest absolute Gasteiger partial charge is 0.0309 e. The van der Waals surface area contributed by atoms with Crippen molar-refractivity contribution in [2.75, 3.05) is 0 Å². The van der Waals surface area contributed by atoms with Gasteiger partial charge in [-0.15, -0.1) is 0 Å². The molecule has 1 atom stereocenters. The van der Waals surface area contributed by atoms with Gasteiger partial charge in [0.25, 0.3) is 0 Å². The zero-order valence-electron chi connectivity index (χ0n) is 7.89. The van der Waals surface area contributed by atoms with Gasteiger partial charge in [0.15, 0.2) is 0 Å². The number of benzene rings is 1. The SMILES string of the molecule is NC1CCCCc2c(Br)ccc(Br)c21. The molecule has 0 aliphatic heterocycles. The maximum absolute atomic E-state index is 6.17. The highest BCUT2D eigenvalue weighted by atomic mass is 79.9. The molecule has 1 aliphatic carbocycles. The monoisotopic (exact) mass is 317 g/mol. The third-order valence-electron chi connectivity index (χ3n) is 2.81. The Bertz CT molecular complexity index is 349. The van der Waals surface area contributed by atoms with E-state index in [1.165, 1.54) is 28.4 Å². The van der Waals surface area contributed by atoms with Crippen molar-refractivity contribution in [3.63, 3.8) is 0 Å². The predicted octanol–water partition coefficient (Wildman–Crippen LogP) is 3.94. The molecule has 0 radical (unpaired) electrons. The van der Waals surface area contributed by atoms with Crippen LogP contribution in [0.15, 0.2) is 21.1 Å². The third-order valence-corrected chi connectivity index (χ3v) is 4.24. The molecule has 1 aliphatic rings. The van der Waals surface area contributed by atoms with E-state index in [-0.39, 0.29) is 6.04 Å². The van der Waals surface area contributed by atoms with Gasteiger partial charge >= 0.3 is 0 Å². The fourth-order valence-corrected chi connectivity index (χ4v) is 3.28. The lowest BCUT2D eigenvalue weighted by molar-refractivity contribution is 0.614. The second-order valence-electron chi connectivity index (χ2n) is 3.77. The molecule has 0 saturated heterocycles. The van der Waals surface area contributed by atoms with E-state index in [0.717, 1.165) is 17.3 Å². The highest BCUT2D eigenvalue weighted by molar-refractivity contribution is 9.11. The summed E-state index contributed by atoms with van der Waals surface area (Å²) in [4.78, 5) is 0. The molecule has 1 aromatic carbocycles. The summed E-state index contributed by atoms with van der Waals surface area (Å²) in [6.45, 7) is 0. The Morgan fingerprint density at radius 2 is 1.86 bits per heavy atom. The Kier molecular flexibility index (Phi) is 3.30. The first kappa shape index (κ1) is 10.7. The van der Waals surface area contributed by atoms with E-state index in [1.807, 2.05) is 0 Å². The van der Waals surface area contributed by atoms with Gasteiger partial charge in [-0.05, 0) is 42.5 Å². The number of hydrogen-bond acceptors (Lipinski definition) is 1. The molecule has 0 aromatic heterocycles. The van der Waals surface area contributed by atoms with Gasteiger partial charge < -0.3 is 5.73 Å². The van der Waals surface area contributed by atoms with Crippen LogP contribution in [0.25, 0.3) is 0 Å². The molecule has 1 aromatic rings. The number of halogens is 2. The largest absolute Gasteiger partial charge is 0.324 e. The van der Waals surface area contributed by atoms with Crippen LogP contribution >= 0.6 is 31.9 Å². The molecule has 3 heteroatoms. The highest BCUT2D eigenvalue weighted by Gasteiger charge is 2.19. The molecule has 0 spiro atoms. The Labute approximate surface area is 101 Å². The van der Waals surface area contributed by atoms with Gasteiger partial charge in [-0.25, -0.2) is 0 Å². The van der Waals surface area contributed by atoms with Crippen LogP contribution in [-0.4, -0.2) is 0 Å². The number of rotatable bonds is 0. The average Bonchev–Trinajstić information content (AvgIpc) is 2.35. The lowest BCUT2D eigenvalue weighted by atomic mass is 10.00. The fourth-order valence-electron chi connectivity index (χ4n) is 2.07. The van der Waals surface area contributed by atoms with Crippen molar-refractivity contribution < 1.29 is 0 Å². The molecule has 2 N–H and O–H groups in total. The van der Waals surface area contributed by atoms with E-state index in [0.29, 0.717) is 0 Å². The van der Waals surface area contributed by atoms with Gasteiger partial charge in [0, 0.05) is 15.0 Å². The summed E-state index contributed by atoms with van der Waals surface area (Å²) < 4.78 is 2.36. The van der Waals surface area contributed by atoms with Crippen LogP contribution in [0.3, 0.4) is 0 Å². The van der Waals surface area contributed by atoms with Crippen molar-refractivity contribution in [1.82, 2.24) is 0 Å². The van der Waals surface area contributed by atoms with Crippen molar-refractivity contribution in [1.29, 1.82) is 0 Å². The summed E-state index contributed by atoms with van der Waals surface area (Å²) >= 11 is 7.19. The molecular weight excluding hydrogens is 306 g/mol. The summed E-state index contributed by atoms with van der Waals surface area (Å²) in [5.41, 5.74) is 8.86. The number of hydrogen-bond donors (Lipinski definition) is 1. The average molecular weight is 319 g/mol. The van der Waals surface area contributed by atoms with E-state index in [2.05, 4.69) is 44.0 Å². The summed E-state index contributed by atoms with van der Waals surface area (Å²) in [5, 5.41) is 0. The van der Waals surface area contributed by atoms with E-state index in [9.17, 15) is 0 Å². The Morgan fingerprint density at radius 3 is 2.64 bits per heavy atom. The van der Waals surface area contributed by atoms with Crippen molar-refractivity contribution in [2.24, 2.45) is 5.73 Å². The lowest BCUT2D eigenvalue weighted by Crippen LogP contribution is -2.11. The topological polar surface area (TPSA) is 26.0 Å². The third kappa shape index (κ3) is 1.90. The summed E-state index contributed by atoms with van der Waals surface area (Å²) in [7, 11) is 0. The predicted molar refractivity (Wildman–Crippen MR) is 66.3 cm³/mol. The van der Waals surface area contributed by atoms with E-state index >= 15 is 0 Å². The first-order valence-corrected chi connectivity index (χ1v) is 6.51. The molecule has 0 fully saturated rings.